The number of nitrogens with one attached hydrogen (secondary N) is 2. The minimum Gasteiger partial charge on any atom is -0.362 e. The molecule has 8 heteroatoms. The third-order valence-corrected chi connectivity index (χ3v) is 3.42. The molecule has 0 aromatic heterocycles. The van der Waals surface area contributed by atoms with E-state index in [1.54, 1.807) is 36.4 Å². The molecule has 0 heterocycles. The summed E-state index contributed by atoms with van der Waals surface area (Å²) in [5.41, 5.74) is 1.42. The van der Waals surface area contributed by atoms with E-state index < -0.39 is 4.92 Å². The summed E-state index contributed by atoms with van der Waals surface area (Å²) in [5.74, 6) is 0.202. The molecule has 0 saturated heterocycles. The van der Waals surface area contributed by atoms with E-state index >= 15 is 0 Å². The topological polar surface area (TPSA) is 67.2 Å². The molecule has 120 valence electrons. The molecule has 0 fully saturated rings. The Balaban J connectivity index is 2.12. The molecule has 0 radical (unpaired) electrons. The van der Waals surface area contributed by atoms with Gasteiger partial charge in [0, 0.05) is 27.3 Å². The van der Waals surface area contributed by atoms with E-state index in [0.717, 1.165) is 11.8 Å². The van der Waals surface area contributed by atoms with E-state index in [1.807, 2.05) is 6.07 Å². The zero-order valence-electron chi connectivity index (χ0n) is 11.7. The Morgan fingerprint density at radius 2 is 1.78 bits per heavy atom. The monoisotopic (exact) mass is 371 g/mol. The van der Waals surface area contributed by atoms with Crippen LogP contribution in [0.3, 0.4) is 0 Å². The van der Waals surface area contributed by atoms with E-state index in [-0.39, 0.29) is 5.82 Å². The Kier molecular flexibility index (Phi) is 6.10. The third kappa shape index (κ3) is 5.98. The number of hydrogen-bond donors (Lipinski definition) is 2. The van der Waals surface area contributed by atoms with Crippen LogP contribution in [-0.2, 0) is 6.54 Å². The molecule has 0 bridgehead atoms. The van der Waals surface area contributed by atoms with Crippen molar-refractivity contribution in [3.05, 3.63) is 85.2 Å². The van der Waals surface area contributed by atoms with Gasteiger partial charge in [0.05, 0.1) is 4.92 Å². The van der Waals surface area contributed by atoms with Crippen molar-refractivity contribution in [2.45, 2.75) is 6.54 Å². The van der Waals surface area contributed by atoms with E-state index in [2.05, 4.69) is 10.6 Å². The Morgan fingerprint density at radius 3 is 2.39 bits per heavy atom. The molecule has 0 aliphatic carbocycles. The van der Waals surface area contributed by atoms with Crippen molar-refractivity contribution in [2.75, 3.05) is 5.32 Å². The van der Waals surface area contributed by atoms with Gasteiger partial charge in [-0.15, -0.1) is 0 Å². The van der Waals surface area contributed by atoms with Crippen LogP contribution in [0.15, 0.2) is 54.5 Å². The molecule has 0 saturated carbocycles. The van der Waals surface area contributed by atoms with Gasteiger partial charge in [0.2, 0.25) is 0 Å². The summed E-state index contributed by atoms with van der Waals surface area (Å²) in [6.45, 7) is 0.363. The Bertz CT molecular complexity index is 730. The summed E-state index contributed by atoms with van der Waals surface area (Å²) in [7, 11) is 0. The average molecular weight is 373 g/mol. The van der Waals surface area contributed by atoms with Crippen molar-refractivity contribution in [2.24, 2.45) is 0 Å². The molecule has 23 heavy (non-hydrogen) atoms. The van der Waals surface area contributed by atoms with Crippen molar-refractivity contribution >= 4 is 40.5 Å². The Hall–Kier alpha value is -1.95. The zero-order chi connectivity index (χ0) is 16.8. The van der Waals surface area contributed by atoms with Gasteiger partial charge in [0.25, 0.3) is 6.20 Å². The van der Waals surface area contributed by atoms with Crippen molar-refractivity contribution in [1.82, 2.24) is 5.32 Å². The number of anilines is 1. The minimum atomic E-state index is -0.556. The van der Waals surface area contributed by atoms with Gasteiger partial charge in [-0.05, 0) is 35.9 Å². The second kappa shape index (κ2) is 8.06. The van der Waals surface area contributed by atoms with Crippen molar-refractivity contribution < 1.29 is 4.92 Å². The van der Waals surface area contributed by atoms with Crippen LogP contribution in [0.25, 0.3) is 0 Å². The summed E-state index contributed by atoms with van der Waals surface area (Å²) in [6.07, 6.45) is 0.833. The van der Waals surface area contributed by atoms with Crippen LogP contribution in [0.5, 0.6) is 0 Å². The van der Waals surface area contributed by atoms with Crippen molar-refractivity contribution in [1.29, 1.82) is 0 Å². The number of rotatable bonds is 6. The first-order valence-corrected chi connectivity index (χ1v) is 7.62. The first-order chi connectivity index (χ1) is 10.9. The molecular weight excluding hydrogens is 361 g/mol. The SMILES string of the molecule is O=[N+]([O-])/C=C(\NCc1cccc(Cl)c1)Nc1cc(Cl)cc(Cl)c1. The summed E-state index contributed by atoms with van der Waals surface area (Å²) in [4.78, 5) is 10.2. The lowest BCUT2D eigenvalue weighted by Crippen LogP contribution is -2.20. The van der Waals surface area contributed by atoms with Gasteiger partial charge >= 0.3 is 0 Å². The summed E-state index contributed by atoms with van der Waals surface area (Å²) >= 11 is 17.7. The highest BCUT2D eigenvalue weighted by atomic mass is 35.5. The number of halogens is 3. The van der Waals surface area contributed by atoms with Gasteiger partial charge in [0.1, 0.15) is 0 Å². The predicted molar refractivity (Wildman–Crippen MR) is 93.5 cm³/mol. The van der Waals surface area contributed by atoms with E-state index in [0.29, 0.717) is 27.3 Å². The van der Waals surface area contributed by atoms with Crippen LogP contribution >= 0.6 is 34.8 Å². The van der Waals surface area contributed by atoms with Crippen LogP contribution in [-0.4, -0.2) is 4.92 Å². The van der Waals surface area contributed by atoms with Crippen LogP contribution in [0.2, 0.25) is 15.1 Å². The molecule has 0 atom stereocenters. The second-order valence-electron chi connectivity index (χ2n) is 4.59. The van der Waals surface area contributed by atoms with E-state index in [1.165, 1.54) is 0 Å². The molecule has 5 nitrogen and oxygen atoms in total. The maximum Gasteiger partial charge on any atom is 0.274 e. The molecule has 2 aromatic carbocycles. The van der Waals surface area contributed by atoms with E-state index in [9.17, 15) is 10.1 Å². The van der Waals surface area contributed by atoms with Gasteiger partial charge in [-0.3, -0.25) is 10.1 Å². The van der Waals surface area contributed by atoms with Crippen LogP contribution in [0.4, 0.5) is 5.69 Å². The highest BCUT2D eigenvalue weighted by Crippen LogP contribution is 2.23. The van der Waals surface area contributed by atoms with Crippen LogP contribution in [0.1, 0.15) is 5.56 Å². The lowest BCUT2D eigenvalue weighted by Gasteiger charge is -2.12. The van der Waals surface area contributed by atoms with Crippen LogP contribution in [0, 0.1) is 10.1 Å². The average Bonchev–Trinajstić information content (AvgIpc) is 2.43. The number of hydrogen-bond acceptors (Lipinski definition) is 4. The summed E-state index contributed by atoms with van der Waals surface area (Å²) < 4.78 is 0. The molecular formula is C15H12Cl3N3O2. The normalized spacial score (nSPS) is 11.2. The highest BCUT2D eigenvalue weighted by Gasteiger charge is 2.06. The predicted octanol–water partition coefficient (Wildman–Crippen LogP) is 4.92. The number of nitrogens with zero attached hydrogens (tertiary/aromatic N) is 1. The molecule has 0 amide bonds. The van der Waals surface area contributed by atoms with Gasteiger partial charge in [-0.2, -0.15) is 0 Å². The fourth-order valence-corrected chi connectivity index (χ4v) is 2.59. The summed E-state index contributed by atoms with van der Waals surface area (Å²) in [6, 6.07) is 12.0. The fourth-order valence-electron chi connectivity index (χ4n) is 1.85. The zero-order valence-corrected chi connectivity index (χ0v) is 14.0. The molecule has 0 aliphatic heterocycles. The Labute approximate surface area is 148 Å². The molecule has 2 N–H and O–H groups in total. The standard InChI is InChI=1S/C15H12Cl3N3O2/c16-11-3-1-2-10(4-11)8-19-15(9-21(22)23)20-14-6-12(17)5-13(18)7-14/h1-7,9,19-20H,8H2/b15-9+. The summed E-state index contributed by atoms with van der Waals surface area (Å²) in [5, 5.41) is 18.1. The molecule has 0 aliphatic rings. The van der Waals surface area contributed by atoms with Crippen molar-refractivity contribution in [3.63, 3.8) is 0 Å². The lowest BCUT2D eigenvalue weighted by atomic mass is 10.2. The van der Waals surface area contributed by atoms with Gasteiger partial charge in [-0.25, -0.2) is 0 Å². The van der Waals surface area contributed by atoms with Gasteiger partial charge in [0.15, 0.2) is 5.82 Å². The Morgan fingerprint density at radius 1 is 1.09 bits per heavy atom. The van der Waals surface area contributed by atoms with E-state index in [4.69, 9.17) is 34.8 Å². The van der Waals surface area contributed by atoms with Gasteiger partial charge < -0.3 is 10.6 Å². The largest absolute Gasteiger partial charge is 0.362 e. The fraction of sp³-hybridized carbons (Fsp3) is 0.0667. The number of benzene rings is 2. The second-order valence-corrected chi connectivity index (χ2v) is 5.90. The molecule has 2 aromatic rings. The molecule has 0 spiro atoms. The minimum absolute atomic E-state index is 0.202. The maximum atomic E-state index is 10.8. The molecule has 0 unspecified atom stereocenters. The quantitative estimate of drug-likeness (QED) is 0.557. The first-order valence-electron chi connectivity index (χ1n) is 6.49. The number of nitro groups is 1. The third-order valence-electron chi connectivity index (χ3n) is 2.75. The first kappa shape index (κ1) is 17.4. The maximum absolute atomic E-state index is 10.8. The molecule has 2 rings (SSSR count). The smallest absolute Gasteiger partial charge is 0.274 e. The van der Waals surface area contributed by atoms with Crippen LogP contribution < -0.4 is 10.6 Å². The highest BCUT2D eigenvalue weighted by molar-refractivity contribution is 6.35. The lowest BCUT2D eigenvalue weighted by molar-refractivity contribution is -0.403. The van der Waals surface area contributed by atoms with Gasteiger partial charge in [-0.1, -0.05) is 46.9 Å². The van der Waals surface area contributed by atoms with Crippen molar-refractivity contribution in [3.8, 4) is 0 Å².